The van der Waals surface area contributed by atoms with Crippen LogP contribution in [0, 0.1) is 5.41 Å². The van der Waals surface area contributed by atoms with Crippen molar-refractivity contribution in [2.75, 3.05) is 5.32 Å². The number of carbonyl (C=O) groups excluding carboxylic acids is 1. The Bertz CT molecular complexity index is 657. The average Bonchev–Trinajstić information content (AvgIpc) is 2.53. The lowest BCUT2D eigenvalue weighted by Gasteiger charge is -2.22. The Hall–Kier alpha value is -1.62. The Labute approximate surface area is 162 Å². The van der Waals surface area contributed by atoms with Crippen LogP contribution in [0.25, 0.3) is 0 Å². The number of pyridine rings is 1. The summed E-state index contributed by atoms with van der Waals surface area (Å²) in [4.78, 5) is 16.4. The molecule has 0 radical (unpaired) electrons. The number of rotatable bonds is 5. The Kier molecular flexibility index (Phi) is 9.72. The van der Waals surface area contributed by atoms with E-state index in [-0.39, 0.29) is 36.8 Å². The van der Waals surface area contributed by atoms with E-state index in [0.29, 0.717) is 0 Å². The number of aromatic nitrogens is 1. The minimum absolute atomic E-state index is 0. The summed E-state index contributed by atoms with van der Waals surface area (Å²) < 4.78 is 0. The largest absolute Gasteiger partial charge is 0.325 e. The second-order valence-electron chi connectivity index (χ2n) is 6.76. The monoisotopic (exact) mass is 383 g/mol. The van der Waals surface area contributed by atoms with Gasteiger partial charge in [0.1, 0.15) is 0 Å². The third-order valence-corrected chi connectivity index (χ3v) is 3.70. The molecule has 0 fully saturated rings. The summed E-state index contributed by atoms with van der Waals surface area (Å²) in [6.45, 7) is 8.55. The second kappa shape index (κ2) is 10.4. The van der Waals surface area contributed by atoms with Gasteiger partial charge in [-0.25, -0.2) is 0 Å². The van der Waals surface area contributed by atoms with Crippen molar-refractivity contribution >= 4 is 36.4 Å². The molecule has 0 aliphatic carbocycles. The number of benzene rings is 1. The number of carbonyl (C=O) groups is 1. The van der Waals surface area contributed by atoms with Crippen LogP contribution in [0.4, 0.5) is 5.69 Å². The van der Waals surface area contributed by atoms with E-state index >= 15 is 0 Å². The minimum atomic E-state index is -0.429. The number of nitrogens with zero attached hydrogens (tertiary/aromatic N) is 1. The third kappa shape index (κ3) is 7.02. The topological polar surface area (TPSA) is 54.0 Å². The molecule has 1 aromatic heterocycles. The average molecular weight is 384 g/mol. The molecule has 4 nitrogen and oxygen atoms in total. The molecule has 1 atom stereocenters. The maximum atomic E-state index is 12.2. The lowest BCUT2D eigenvalue weighted by Crippen LogP contribution is -2.29. The lowest BCUT2D eigenvalue weighted by molar-refractivity contribution is -0.123. The van der Waals surface area contributed by atoms with Gasteiger partial charge in [0.05, 0.1) is 0 Å². The number of amides is 1. The molecule has 25 heavy (non-hydrogen) atoms. The number of anilines is 1. The highest BCUT2D eigenvalue weighted by Crippen LogP contribution is 2.24. The van der Waals surface area contributed by atoms with E-state index < -0.39 is 5.41 Å². The highest BCUT2D eigenvalue weighted by molar-refractivity contribution is 5.95. The van der Waals surface area contributed by atoms with Crippen LogP contribution in [0.3, 0.4) is 0 Å². The summed E-state index contributed by atoms with van der Waals surface area (Å²) in [5, 5.41) is 6.49. The number of hydrogen-bond acceptors (Lipinski definition) is 3. The first-order valence-corrected chi connectivity index (χ1v) is 7.90. The predicted octanol–water partition coefficient (Wildman–Crippen LogP) is 4.76. The molecule has 1 amide bonds. The van der Waals surface area contributed by atoms with Crippen LogP contribution in [0.5, 0.6) is 0 Å². The molecule has 6 heteroatoms. The lowest BCUT2D eigenvalue weighted by atomic mass is 9.95. The quantitative estimate of drug-likeness (QED) is 0.782. The van der Waals surface area contributed by atoms with Crippen molar-refractivity contribution in [2.45, 2.75) is 40.3 Å². The summed E-state index contributed by atoms with van der Waals surface area (Å²) >= 11 is 0. The van der Waals surface area contributed by atoms with E-state index in [0.717, 1.165) is 17.8 Å². The first-order valence-electron chi connectivity index (χ1n) is 7.90. The van der Waals surface area contributed by atoms with Crippen LogP contribution in [0.2, 0.25) is 0 Å². The maximum absolute atomic E-state index is 12.2. The van der Waals surface area contributed by atoms with Crippen molar-refractivity contribution in [3.05, 3.63) is 59.9 Å². The van der Waals surface area contributed by atoms with E-state index in [9.17, 15) is 4.79 Å². The van der Waals surface area contributed by atoms with Gasteiger partial charge in [0.2, 0.25) is 5.91 Å². The van der Waals surface area contributed by atoms with Crippen molar-refractivity contribution in [2.24, 2.45) is 5.41 Å². The van der Waals surface area contributed by atoms with Crippen molar-refractivity contribution in [3.8, 4) is 0 Å². The van der Waals surface area contributed by atoms with Crippen LogP contribution in [-0.2, 0) is 11.3 Å². The molecule has 0 spiro atoms. The molecule has 2 N–H and O–H groups in total. The molecule has 1 heterocycles. The van der Waals surface area contributed by atoms with Crippen molar-refractivity contribution < 1.29 is 4.79 Å². The fourth-order valence-corrected chi connectivity index (χ4v) is 2.15. The highest BCUT2D eigenvalue weighted by Gasteiger charge is 2.22. The van der Waals surface area contributed by atoms with Gasteiger partial charge in [-0.2, -0.15) is 0 Å². The van der Waals surface area contributed by atoms with Crippen LogP contribution < -0.4 is 10.6 Å². The van der Waals surface area contributed by atoms with Gasteiger partial charge in [-0.15, -0.1) is 24.8 Å². The number of nitrogens with one attached hydrogen (secondary N) is 2. The van der Waals surface area contributed by atoms with Gasteiger partial charge in [0.15, 0.2) is 0 Å². The van der Waals surface area contributed by atoms with Crippen molar-refractivity contribution in [1.82, 2.24) is 10.3 Å². The zero-order valence-corrected chi connectivity index (χ0v) is 16.7. The summed E-state index contributed by atoms with van der Waals surface area (Å²) in [6.07, 6.45) is 3.51. The van der Waals surface area contributed by atoms with Gasteiger partial charge in [-0.05, 0) is 18.6 Å². The molecule has 1 unspecified atom stereocenters. The van der Waals surface area contributed by atoms with E-state index in [1.54, 1.807) is 12.4 Å². The maximum Gasteiger partial charge on any atom is 0.229 e. The van der Waals surface area contributed by atoms with E-state index in [1.165, 1.54) is 5.56 Å². The molecule has 2 rings (SSSR count). The summed E-state index contributed by atoms with van der Waals surface area (Å²) in [5.74, 6) is 0.000194. The Morgan fingerprint density at radius 1 is 1.12 bits per heavy atom. The Morgan fingerprint density at radius 2 is 1.76 bits per heavy atom. The number of halogens is 2. The van der Waals surface area contributed by atoms with Crippen molar-refractivity contribution in [3.63, 3.8) is 0 Å². The van der Waals surface area contributed by atoms with Gasteiger partial charge < -0.3 is 10.6 Å². The molecular formula is C19H27Cl2N3O. The van der Waals surface area contributed by atoms with E-state index in [1.807, 2.05) is 45.0 Å². The number of hydrogen-bond donors (Lipinski definition) is 2. The molecule has 0 saturated carbocycles. The fraction of sp³-hybridized carbons (Fsp3) is 0.368. The van der Waals surface area contributed by atoms with Crippen LogP contribution in [-0.4, -0.2) is 10.9 Å². The minimum Gasteiger partial charge on any atom is -0.325 e. The van der Waals surface area contributed by atoms with Gasteiger partial charge >= 0.3 is 0 Å². The zero-order valence-electron chi connectivity index (χ0n) is 15.1. The molecule has 138 valence electrons. The van der Waals surface area contributed by atoms with E-state index in [4.69, 9.17) is 0 Å². The molecule has 0 aliphatic rings. The van der Waals surface area contributed by atoms with Crippen LogP contribution >= 0.6 is 24.8 Å². The summed E-state index contributed by atoms with van der Waals surface area (Å²) in [7, 11) is 0. The zero-order chi connectivity index (χ0) is 16.9. The third-order valence-electron chi connectivity index (χ3n) is 3.70. The van der Waals surface area contributed by atoms with Crippen molar-refractivity contribution in [1.29, 1.82) is 0 Å². The van der Waals surface area contributed by atoms with Gasteiger partial charge in [0.25, 0.3) is 0 Å². The first kappa shape index (κ1) is 23.4. The van der Waals surface area contributed by atoms with Gasteiger partial charge in [-0.1, -0.05) is 51.1 Å². The summed E-state index contributed by atoms with van der Waals surface area (Å²) in [6, 6.07) is 12.2. The van der Waals surface area contributed by atoms with Gasteiger partial charge in [0, 0.05) is 41.6 Å². The fourth-order valence-electron chi connectivity index (χ4n) is 2.15. The predicted molar refractivity (Wildman–Crippen MR) is 109 cm³/mol. The molecular weight excluding hydrogens is 357 g/mol. The highest BCUT2D eigenvalue weighted by atomic mass is 35.5. The second-order valence-corrected chi connectivity index (χ2v) is 6.76. The van der Waals surface area contributed by atoms with Gasteiger partial charge in [-0.3, -0.25) is 9.78 Å². The smallest absolute Gasteiger partial charge is 0.229 e. The SMILES string of the molecule is CC(NCc1ccccc1)c1cnccc1NC(=O)C(C)(C)C.Cl.Cl. The molecule has 0 bridgehead atoms. The normalized spacial score (nSPS) is 11.7. The molecule has 2 aromatic rings. The molecule has 0 saturated heterocycles. The van der Waals surface area contributed by atoms with E-state index in [2.05, 4.69) is 34.7 Å². The summed E-state index contributed by atoms with van der Waals surface area (Å²) in [5.41, 5.74) is 2.60. The Balaban J connectivity index is 0.00000288. The van der Waals surface area contributed by atoms with Crippen LogP contribution in [0.1, 0.15) is 44.9 Å². The first-order chi connectivity index (χ1) is 10.9. The molecule has 0 aliphatic heterocycles. The standard InChI is InChI=1S/C19H25N3O.2ClH/c1-14(21-12-15-8-6-5-7-9-15)16-13-20-11-10-17(16)22-18(23)19(2,3)4;;/h5-11,13-14,21H,12H2,1-4H3,(H,20,22,23);2*1H. The molecule has 1 aromatic carbocycles. The van der Waals surface area contributed by atoms with Crippen LogP contribution in [0.15, 0.2) is 48.8 Å². The Morgan fingerprint density at radius 3 is 2.36 bits per heavy atom.